The topological polar surface area (TPSA) is 81.2 Å². The molecule has 108 valence electrons. The predicted octanol–water partition coefficient (Wildman–Crippen LogP) is 1.44. The highest BCUT2D eigenvalue weighted by molar-refractivity contribution is 7.91. The second-order valence-corrected chi connectivity index (χ2v) is 7.25. The van der Waals surface area contributed by atoms with E-state index in [1.807, 2.05) is 0 Å². The Kier molecular flexibility index (Phi) is 3.08. The van der Waals surface area contributed by atoms with Crippen molar-refractivity contribution in [2.45, 2.75) is 24.6 Å². The van der Waals surface area contributed by atoms with Crippen molar-refractivity contribution >= 4 is 20.9 Å². The lowest BCUT2D eigenvalue weighted by Crippen LogP contribution is -2.32. The van der Waals surface area contributed by atoms with Crippen molar-refractivity contribution in [3.63, 3.8) is 0 Å². The highest BCUT2D eigenvalue weighted by Gasteiger charge is 2.32. The molecule has 1 fully saturated rings. The van der Waals surface area contributed by atoms with Gasteiger partial charge in [0.15, 0.2) is 9.84 Å². The molecule has 3 rings (SSSR count). The summed E-state index contributed by atoms with van der Waals surface area (Å²) < 4.78 is 31.0. The molecule has 20 heavy (non-hydrogen) atoms. The van der Waals surface area contributed by atoms with Crippen LogP contribution < -0.4 is 10.4 Å². The maximum Gasteiger partial charge on any atom is 0.327 e. The standard InChI is InChI=1S/C13H16N2O4S/c1-19-10-6-4-5-9-12(10)14-13(16)15(9)11-7-2-3-8-20(11,17)18/h4-6,11H,2-3,7-8H2,1H3,(H,14,16). The zero-order chi connectivity index (χ0) is 14.3. The van der Waals surface area contributed by atoms with Crippen LogP contribution in [-0.2, 0) is 9.84 Å². The number of ether oxygens (including phenoxy) is 1. The van der Waals surface area contributed by atoms with Gasteiger partial charge in [-0.1, -0.05) is 6.07 Å². The zero-order valence-electron chi connectivity index (χ0n) is 11.1. The smallest absolute Gasteiger partial charge is 0.327 e. The summed E-state index contributed by atoms with van der Waals surface area (Å²) in [5, 5.41) is -0.774. The number of aromatic nitrogens is 2. The monoisotopic (exact) mass is 296 g/mol. The number of imidazole rings is 1. The molecular formula is C13H16N2O4S. The Balaban J connectivity index is 2.26. The minimum atomic E-state index is -3.28. The van der Waals surface area contributed by atoms with Crippen molar-refractivity contribution in [1.82, 2.24) is 9.55 Å². The molecule has 0 bridgehead atoms. The Morgan fingerprint density at radius 1 is 1.35 bits per heavy atom. The second-order valence-electron chi connectivity index (χ2n) is 4.97. The Bertz CT molecular complexity index is 803. The number of nitrogens with one attached hydrogen (secondary N) is 1. The van der Waals surface area contributed by atoms with Crippen molar-refractivity contribution in [2.75, 3.05) is 12.9 Å². The van der Waals surface area contributed by atoms with E-state index in [1.165, 1.54) is 11.7 Å². The van der Waals surface area contributed by atoms with E-state index in [0.717, 1.165) is 6.42 Å². The number of benzene rings is 1. The molecule has 1 aromatic heterocycles. The van der Waals surface area contributed by atoms with Gasteiger partial charge >= 0.3 is 5.69 Å². The normalized spacial score (nSPS) is 21.9. The SMILES string of the molecule is COc1cccc2c1[nH]c(=O)n2C1CCCCS1(=O)=O. The van der Waals surface area contributed by atoms with E-state index >= 15 is 0 Å². The molecule has 1 atom stereocenters. The van der Waals surface area contributed by atoms with Gasteiger partial charge in [0, 0.05) is 0 Å². The number of H-pyrrole nitrogens is 1. The lowest BCUT2D eigenvalue weighted by molar-refractivity contribution is 0.419. The van der Waals surface area contributed by atoms with Crippen LogP contribution in [0.3, 0.4) is 0 Å². The highest BCUT2D eigenvalue weighted by atomic mass is 32.2. The van der Waals surface area contributed by atoms with Crippen molar-refractivity contribution < 1.29 is 13.2 Å². The van der Waals surface area contributed by atoms with E-state index in [1.54, 1.807) is 18.2 Å². The molecule has 0 aliphatic carbocycles. The number of aromatic amines is 1. The van der Waals surface area contributed by atoms with Crippen molar-refractivity contribution in [1.29, 1.82) is 0 Å². The second kappa shape index (κ2) is 4.66. The largest absolute Gasteiger partial charge is 0.494 e. The van der Waals surface area contributed by atoms with Gasteiger partial charge < -0.3 is 9.72 Å². The van der Waals surface area contributed by atoms with Crippen LogP contribution >= 0.6 is 0 Å². The van der Waals surface area contributed by atoms with Crippen molar-refractivity contribution in [3.8, 4) is 5.75 Å². The molecule has 0 saturated carbocycles. The van der Waals surface area contributed by atoms with Gasteiger partial charge in [-0.15, -0.1) is 0 Å². The lowest BCUT2D eigenvalue weighted by atomic mass is 10.2. The maximum absolute atomic E-state index is 12.2. The molecule has 1 aromatic carbocycles. The number of fused-ring (bicyclic) bond motifs is 1. The number of hydrogen-bond donors (Lipinski definition) is 1. The Labute approximate surface area is 116 Å². The van der Waals surface area contributed by atoms with E-state index in [2.05, 4.69) is 4.98 Å². The molecule has 1 N–H and O–H groups in total. The zero-order valence-corrected chi connectivity index (χ0v) is 11.9. The fourth-order valence-corrected chi connectivity index (χ4v) is 4.74. The molecule has 1 unspecified atom stereocenters. The molecular weight excluding hydrogens is 280 g/mol. The van der Waals surface area contributed by atoms with Crippen LogP contribution in [0.4, 0.5) is 0 Å². The predicted molar refractivity (Wildman–Crippen MR) is 75.8 cm³/mol. The molecule has 6 nitrogen and oxygen atoms in total. The lowest BCUT2D eigenvalue weighted by Gasteiger charge is -2.23. The van der Waals surface area contributed by atoms with Gasteiger partial charge in [-0.2, -0.15) is 0 Å². The van der Waals surface area contributed by atoms with Crippen LogP contribution in [0.5, 0.6) is 5.75 Å². The van der Waals surface area contributed by atoms with E-state index in [4.69, 9.17) is 4.74 Å². The third-order valence-electron chi connectivity index (χ3n) is 3.77. The number of methoxy groups -OCH3 is 1. The third-order valence-corrected chi connectivity index (χ3v) is 5.90. The Morgan fingerprint density at radius 2 is 2.15 bits per heavy atom. The molecule has 2 aromatic rings. The molecule has 0 radical (unpaired) electrons. The number of para-hydroxylation sites is 1. The fraction of sp³-hybridized carbons (Fsp3) is 0.462. The van der Waals surface area contributed by atoms with Crippen LogP contribution in [0.15, 0.2) is 23.0 Å². The van der Waals surface area contributed by atoms with Gasteiger partial charge in [0.1, 0.15) is 16.6 Å². The van der Waals surface area contributed by atoms with Crippen molar-refractivity contribution in [3.05, 3.63) is 28.7 Å². The minimum absolute atomic E-state index is 0.140. The van der Waals surface area contributed by atoms with Gasteiger partial charge in [0.25, 0.3) is 0 Å². The first kappa shape index (κ1) is 13.2. The summed E-state index contributed by atoms with van der Waals surface area (Å²) in [5.74, 6) is 0.673. The van der Waals surface area contributed by atoms with E-state index < -0.39 is 20.9 Å². The van der Waals surface area contributed by atoms with Crippen LogP contribution in [0.1, 0.15) is 24.6 Å². The maximum atomic E-state index is 12.2. The Hall–Kier alpha value is -1.76. The first-order valence-electron chi connectivity index (χ1n) is 6.53. The van der Waals surface area contributed by atoms with E-state index in [-0.39, 0.29) is 5.75 Å². The van der Waals surface area contributed by atoms with Gasteiger partial charge in [-0.3, -0.25) is 4.57 Å². The van der Waals surface area contributed by atoms with Gasteiger partial charge in [-0.25, -0.2) is 13.2 Å². The molecule has 1 saturated heterocycles. The summed E-state index contributed by atoms with van der Waals surface area (Å²) in [5.41, 5.74) is 0.713. The van der Waals surface area contributed by atoms with Crippen molar-refractivity contribution in [2.24, 2.45) is 0 Å². The first-order valence-corrected chi connectivity index (χ1v) is 8.25. The summed E-state index contributed by atoms with van der Waals surface area (Å²) in [6, 6.07) is 5.22. The van der Waals surface area contributed by atoms with Crippen LogP contribution in [-0.4, -0.2) is 30.8 Å². The number of sulfone groups is 1. The van der Waals surface area contributed by atoms with Crippen LogP contribution in [0.2, 0.25) is 0 Å². The summed E-state index contributed by atoms with van der Waals surface area (Å²) in [6.07, 6.45) is 1.96. The quantitative estimate of drug-likeness (QED) is 0.909. The number of rotatable bonds is 2. The summed E-state index contributed by atoms with van der Waals surface area (Å²) >= 11 is 0. The average Bonchev–Trinajstić information content (AvgIpc) is 2.74. The average molecular weight is 296 g/mol. The van der Waals surface area contributed by atoms with E-state index in [9.17, 15) is 13.2 Å². The fourth-order valence-electron chi connectivity index (χ4n) is 2.81. The molecule has 2 heterocycles. The number of nitrogens with zero attached hydrogens (tertiary/aromatic N) is 1. The van der Waals surface area contributed by atoms with Crippen LogP contribution in [0, 0.1) is 0 Å². The van der Waals surface area contributed by atoms with Gasteiger partial charge in [0.05, 0.1) is 18.4 Å². The first-order chi connectivity index (χ1) is 9.54. The Morgan fingerprint density at radius 3 is 2.85 bits per heavy atom. The summed E-state index contributed by atoms with van der Waals surface area (Å²) in [4.78, 5) is 14.9. The van der Waals surface area contributed by atoms with Gasteiger partial charge in [-0.05, 0) is 31.4 Å². The van der Waals surface area contributed by atoms with E-state index in [0.29, 0.717) is 29.6 Å². The van der Waals surface area contributed by atoms with Crippen LogP contribution in [0.25, 0.3) is 11.0 Å². The summed E-state index contributed by atoms with van der Waals surface area (Å²) in [7, 11) is -1.76. The number of hydrogen-bond acceptors (Lipinski definition) is 4. The molecule has 1 aliphatic heterocycles. The minimum Gasteiger partial charge on any atom is -0.494 e. The highest BCUT2D eigenvalue weighted by Crippen LogP contribution is 2.31. The van der Waals surface area contributed by atoms with Gasteiger partial charge in [0.2, 0.25) is 0 Å². The molecule has 1 aliphatic rings. The third kappa shape index (κ3) is 1.93. The summed E-state index contributed by atoms with van der Waals surface area (Å²) in [6.45, 7) is 0. The molecule has 7 heteroatoms. The molecule has 0 spiro atoms. The molecule has 0 amide bonds.